The minimum absolute atomic E-state index is 0.324. The van der Waals surface area contributed by atoms with Crippen LogP contribution in [0, 0.1) is 0 Å². The molecule has 1 aliphatic rings. The molecule has 9 nitrogen and oxygen atoms in total. The first kappa shape index (κ1) is 17.3. The zero-order chi connectivity index (χ0) is 16.3. The highest BCUT2D eigenvalue weighted by molar-refractivity contribution is 5.88. The second kappa shape index (κ2) is 6.37. The highest BCUT2D eigenvalue weighted by atomic mass is 16.6. The number of nitrogens with two attached hydrogens (primary N) is 2. The van der Waals surface area contributed by atoms with Crippen molar-refractivity contribution in [3.8, 4) is 0 Å². The molecule has 120 valence electrons. The van der Waals surface area contributed by atoms with Crippen molar-refractivity contribution in [2.75, 3.05) is 0 Å². The third-order valence-electron chi connectivity index (χ3n) is 3.54. The molecule has 0 radical (unpaired) electrons. The molecule has 1 fully saturated rings. The molecule has 0 spiro atoms. The molecule has 9 heteroatoms. The van der Waals surface area contributed by atoms with Crippen molar-refractivity contribution in [3.05, 3.63) is 0 Å². The zero-order valence-corrected chi connectivity index (χ0v) is 11.4. The molecule has 0 saturated heterocycles. The highest BCUT2D eigenvalue weighted by Crippen LogP contribution is 2.28. The average molecular weight is 304 g/mol. The Hall–Kier alpha value is -1.71. The fraction of sp³-hybridized carbons (Fsp3) is 0.750. The molecule has 1 rings (SSSR count). The molecule has 0 aliphatic heterocycles. The monoisotopic (exact) mass is 304 g/mol. The van der Waals surface area contributed by atoms with Crippen LogP contribution in [0.2, 0.25) is 0 Å². The summed E-state index contributed by atoms with van der Waals surface area (Å²) < 4.78 is 5.02. The number of aliphatic hydroxyl groups is 1. The predicted octanol–water partition coefficient (Wildman–Crippen LogP) is -1.23. The minimum atomic E-state index is -2.74. The summed E-state index contributed by atoms with van der Waals surface area (Å²) in [6, 6.07) is -0.590. The van der Waals surface area contributed by atoms with Gasteiger partial charge in [0, 0.05) is 6.42 Å². The maximum absolute atomic E-state index is 11.8. The summed E-state index contributed by atoms with van der Waals surface area (Å²) in [5.41, 5.74) is 7.52. The van der Waals surface area contributed by atoms with Gasteiger partial charge in [0.1, 0.15) is 0 Å². The Balaban J connectivity index is 2.74. The van der Waals surface area contributed by atoms with Crippen molar-refractivity contribution in [1.82, 2.24) is 0 Å². The lowest BCUT2D eigenvalue weighted by atomic mass is 9.87. The summed E-state index contributed by atoms with van der Waals surface area (Å²) in [7, 11) is 0. The Morgan fingerprint density at radius 1 is 1.24 bits per heavy atom. The Bertz CT molecular complexity index is 441. The van der Waals surface area contributed by atoms with E-state index in [0.29, 0.717) is 19.3 Å². The number of hydrogen-bond donors (Lipinski definition) is 5. The molecule has 0 heterocycles. The SMILES string of the molecule is NC1CCCCC1(N)OC(=O)CC(O)(CC(=O)O)C(=O)O. The Morgan fingerprint density at radius 2 is 1.86 bits per heavy atom. The van der Waals surface area contributed by atoms with Crippen LogP contribution in [-0.4, -0.2) is 50.6 Å². The molecule has 0 aromatic heterocycles. The van der Waals surface area contributed by atoms with E-state index in [4.69, 9.17) is 26.4 Å². The van der Waals surface area contributed by atoms with Gasteiger partial charge in [-0.3, -0.25) is 15.3 Å². The van der Waals surface area contributed by atoms with Crippen LogP contribution >= 0.6 is 0 Å². The maximum atomic E-state index is 11.8. The van der Waals surface area contributed by atoms with Crippen molar-refractivity contribution in [3.63, 3.8) is 0 Å². The largest absolute Gasteiger partial charge is 0.481 e. The van der Waals surface area contributed by atoms with Gasteiger partial charge < -0.3 is 25.8 Å². The van der Waals surface area contributed by atoms with Gasteiger partial charge in [-0.15, -0.1) is 0 Å². The summed E-state index contributed by atoms with van der Waals surface area (Å²) in [4.78, 5) is 33.3. The lowest BCUT2D eigenvalue weighted by Crippen LogP contribution is -2.60. The number of rotatable bonds is 6. The van der Waals surface area contributed by atoms with Crippen molar-refractivity contribution in [1.29, 1.82) is 0 Å². The van der Waals surface area contributed by atoms with Gasteiger partial charge in [0.05, 0.1) is 18.9 Å². The summed E-state index contributed by atoms with van der Waals surface area (Å²) >= 11 is 0. The first-order valence-electron chi connectivity index (χ1n) is 6.53. The van der Waals surface area contributed by atoms with Crippen molar-refractivity contribution >= 4 is 17.9 Å². The number of carbonyl (C=O) groups excluding carboxylic acids is 1. The van der Waals surface area contributed by atoms with E-state index in [-0.39, 0.29) is 0 Å². The minimum Gasteiger partial charge on any atom is -0.481 e. The standard InChI is InChI=1S/C12H20N2O7/c13-7-3-1-2-4-12(7,14)21-9(17)6-11(20,10(18)19)5-8(15)16/h7,20H,1-6,13-14H2,(H,15,16)(H,18,19). The maximum Gasteiger partial charge on any atom is 0.336 e. The Morgan fingerprint density at radius 3 is 2.33 bits per heavy atom. The van der Waals surface area contributed by atoms with Crippen molar-refractivity contribution in [2.45, 2.75) is 55.9 Å². The molecule has 1 saturated carbocycles. The number of carbonyl (C=O) groups is 3. The van der Waals surface area contributed by atoms with Gasteiger partial charge >= 0.3 is 17.9 Å². The third-order valence-corrected chi connectivity index (χ3v) is 3.54. The topological polar surface area (TPSA) is 173 Å². The van der Waals surface area contributed by atoms with Crippen molar-refractivity contribution < 1.29 is 34.4 Å². The smallest absolute Gasteiger partial charge is 0.336 e. The van der Waals surface area contributed by atoms with Gasteiger partial charge in [0.15, 0.2) is 11.3 Å². The Kier molecular flexibility index (Phi) is 5.26. The number of carboxylic acid groups (broad SMARTS) is 2. The lowest BCUT2D eigenvalue weighted by Gasteiger charge is -2.38. The van der Waals surface area contributed by atoms with Crippen LogP contribution in [0.1, 0.15) is 38.5 Å². The molecular formula is C12H20N2O7. The van der Waals surface area contributed by atoms with E-state index < -0.39 is 48.1 Å². The molecule has 0 amide bonds. The van der Waals surface area contributed by atoms with Gasteiger partial charge in [-0.05, 0) is 12.8 Å². The van der Waals surface area contributed by atoms with Crippen LogP contribution in [0.25, 0.3) is 0 Å². The zero-order valence-electron chi connectivity index (χ0n) is 11.4. The first-order chi connectivity index (χ1) is 9.59. The van der Waals surface area contributed by atoms with E-state index in [1.54, 1.807) is 0 Å². The molecule has 7 N–H and O–H groups in total. The molecule has 21 heavy (non-hydrogen) atoms. The van der Waals surface area contributed by atoms with Crippen LogP contribution in [-0.2, 0) is 19.1 Å². The van der Waals surface area contributed by atoms with Gasteiger partial charge in [0.2, 0.25) is 0 Å². The summed E-state index contributed by atoms with van der Waals surface area (Å²) in [6.07, 6.45) is 0.291. The van der Waals surface area contributed by atoms with Crippen LogP contribution in [0.4, 0.5) is 0 Å². The molecular weight excluding hydrogens is 284 g/mol. The molecule has 1 aliphatic carbocycles. The average Bonchev–Trinajstić information content (AvgIpc) is 2.31. The third kappa shape index (κ3) is 4.38. The molecule has 0 bridgehead atoms. The van der Waals surface area contributed by atoms with Crippen LogP contribution < -0.4 is 11.5 Å². The number of ether oxygens (including phenoxy) is 1. The van der Waals surface area contributed by atoms with E-state index >= 15 is 0 Å². The normalized spacial score (nSPS) is 28.4. The lowest BCUT2D eigenvalue weighted by molar-refractivity contribution is -0.180. The van der Waals surface area contributed by atoms with E-state index in [2.05, 4.69) is 0 Å². The van der Waals surface area contributed by atoms with Crippen LogP contribution in [0.3, 0.4) is 0 Å². The number of hydrogen-bond acceptors (Lipinski definition) is 7. The second-order valence-electron chi connectivity index (χ2n) is 5.37. The summed E-state index contributed by atoms with van der Waals surface area (Å²) in [5.74, 6) is -4.47. The molecule has 0 aromatic carbocycles. The second-order valence-corrected chi connectivity index (χ2v) is 5.37. The highest BCUT2D eigenvalue weighted by Gasteiger charge is 2.44. The molecule has 0 aromatic rings. The van der Waals surface area contributed by atoms with E-state index in [0.717, 1.165) is 6.42 Å². The van der Waals surface area contributed by atoms with Gasteiger partial charge in [0.25, 0.3) is 0 Å². The molecule has 3 unspecified atom stereocenters. The number of esters is 1. The van der Waals surface area contributed by atoms with Gasteiger partial charge in [-0.25, -0.2) is 4.79 Å². The summed E-state index contributed by atoms with van der Waals surface area (Å²) in [6.45, 7) is 0. The fourth-order valence-electron chi connectivity index (χ4n) is 2.27. The number of carboxylic acids is 2. The Labute approximate surface area is 120 Å². The van der Waals surface area contributed by atoms with E-state index in [1.165, 1.54) is 0 Å². The van der Waals surface area contributed by atoms with Crippen LogP contribution in [0.5, 0.6) is 0 Å². The molecule has 3 atom stereocenters. The predicted molar refractivity (Wildman–Crippen MR) is 68.9 cm³/mol. The van der Waals surface area contributed by atoms with E-state index in [9.17, 15) is 19.5 Å². The quantitative estimate of drug-likeness (QED) is 0.297. The van der Waals surface area contributed by atoms with E-state index in [1.807, 2.05) is 0 Å². The van der Waals surface area contributed by atoms with Crippen LogP contribution in [0.15, 0.2) is 0 Å². The van der Waals surface area contributed by atoms with Gasteiger partial charge in [-0.1, -0.05) is 6.42 Å². The number of aliphatic carboxylic acids is 2. The summed E-state index contributed by atoms with van der Waals surface area (Å²) in [5, 5.41) is 27.2. The van der Waals surface area contributed by atoms with Gasteiger partial charge in [-0.2, -0.15) is 0 Å². The fourth-order valence-corrected chi connectivity index (χ4v) is 2.27. The van der Waals surface area contributed by atoms with Crippen molar-refractivity contribution in [2.24, 2.45) is 11.5 Å². The first-order valence-corrected chi connectivity index (χ1v) is 6.53.